The molecular formula is C17H19ClN4O. The second-order valence-corrected chi connectivity index (χ2v) is 5.94. The van der Waals surface area contributed by atoms with Crippen molar-refractivity contribution in [3.8, 4) is 0 Å². The molecule has 0 bridgehead atoms. The van der Waals surface area contributed by atoms with Crippen LogP contribution in [-0.4, -0.2) is 14.6 Å². The van der Waals surface area contributed by atoms with Gasteiger partial charge in [0.1, 0.15) is 0 Å². The van der Waals surface area contributed by atoms with Crippen molar-refractivity contribution in [3.05, 3.63) is 68.8 Å². The van der Waals surface area contributed by atoms with Gasteiger partial charge in [0.25, 0.3) is 5.56 Å². The Bertz CT molecular complexity index is 928. The standard InChI is InChI=1S/C17H18N4O.ClH/c1-10-11(2)19-16-8-15(20-21(16)17(10)22)14-7-12-5-3-4-6-13(12)9-18-14;/h3-6,8,14,18,20H,7,9H2,1-2H3;1H. The van der Waals surface area contributed by atoms with E-state index < -0.39 is 0 Å². The lowest BCUT2D eigenvalue weighted by atomic mass is 9.94. The summed E-state index contributed by atoms with van der Waals surface area (Å²) >= 11 is 0. The van der Waals surface area contributed by atoms with E-state index in [-0.39, 0.29) is 24.0 Å². The lowest BCUT2D eigenvalue weighted by molar-refractivity contribution is 0.485. The maximum Gasteiger partial charge on any atom is 0.275 e. The predicted molar refractivity (Wildman–Crippen MR) is 92.3 cm³/mol. The van der Waals surface area contributed by atoms with Gasteiger partial charge in [0.05, 0.1) is 11.7 Å². The summed E-state index contributed by atoms with van der Waals surface area (Å²) in [5.41, 5.74) is 5.84. The van der Waals surface area contributed by atoms with Crippen LogP contribution in [0, 0.1) is 13.8 Å². The van der Waals surface area contributed by atoms with Crippen molar-refractivity contribution in [1.29, 1.82) is 0 Å². The molecule has 5 nitrogen and oxygen atoms in total. The second kappa shape index (κ2) is 5.83. The number of H-pyrrole nitrogens is 1. The number of hydrogen-bond donors (Lipinski definition) is 2. The van der Waals surface area contributed by atoms with E-state index in [0.717, 1.165) is 24.4 Å². The van der Waals surface area contributed by atoms with Crippen LogP contribution in [0.3, 0.4) is 0 Å². The Labute approximate surface area is 140 Å². The number of benzene rings is 1. The number of aromatic amines is 1. The van der Waals surface area contributed by atoms with Crippen molar-refractivity contribution in [2.24, 2.45) is 0 Å². The lowest BCUT2D eigenvalue weighted by Gasteiger charge is -2.25. The molecule has 1 atom stereocenters. The summed E-state index contributed by atoms with van der Waals surface area (Å²) in [6, 6.07) is 10.6. The van der Waals surface area contributed by atoms with Gasteiger partial charge >= 0.3 is 0 Å². The van der Waals surface area contributed by atoms with Crippen LogP contribution in [0.4, 0.5) is 0 Å². The van der Waals surface area contributed by atoms with Gasteiger partial charge in [0.2, 0.25) is 0 Å². The molecule has 2 N–H and O–H groups in total. The van der Waals surface area contributed by atoms with Gasteiger partial charge in [0.15, 0.2) is 5.65 Å². The predicted octanol–water partition coefficient (Wildman–Crippen LogP) is 2.45. The van der Waals surface area contributed by atoms with Gasteiger partial charge in [-0.25, -0.2) is 9.50 Å². The van der Waals surface area contributed by atoms with Gasteiger partial charge in [-0.15, -0.1) is 12.4 Å². The van der Waals surface area contributed by atoms with E-state index in [1.54, 1.807) is 4.52 Å². The molecule has 0 fully saturated rings. The van der Waals surface area contributed by atoms with Crippen molar-refractivity contribution in [1.82, 2.24) is 19.9 Å². The highest BCUT2D eigenvalue weighted by atomic mass is 35.5. The van der Waals surface area contributed by atoms with Crippen LogP contribution >= 0.6 is 12.4 Å². The first-order valence-corrected chi connectivity index (χ1v) is 7.52. The molecule has 0 saturated heterocycles. The van der Waals surface area contributed by atoms with E-state index in [4.69, 9.17) is 0 Å². The molecule has 3 heterocycles. The monoisotopic (exact) mass is 330 g/mol. The van der Waals surface area contributed by atoms with Crippen LogP contribution in [0.1, 0.15) is 34.1 Å². The highest BCUT2D eigenvalue weighted by Crippen LogP contribution is 2.25. The third kappa shape index (κ3) is 2.56. The van der Waals surface area contributed by atoms with E-state index in [1.807, 2.05) is 19.9 Å². The third-order valence-corrected chi connectivity index (χ3v) is 4.56. The number of rotatable bonds is 1. The molecule has 0 radical (unpaired) electrons. The zero-order valence-electron chi connectivity index (χ0n) is 13.1. The number of halogens is 1. The topological polar surface area (TPSA) is 62.2 Å². The Kier molecular flexibility index (Phi) is 4.00. The van der Waals surface area contributed by atoms with E-state index >= 15 is 0 Å². The minimum atomic E-state index is -0.0232. The molecule has 0 aliphatic carbocycles. The van der Waals surface area contributed by atoms with E-state index in [1.165, 1.54) is 11.1 Å². The zero-order valence-corrected chi connectivity index (χ0v) is 13.9. The fraction of sp³-hybridized carbons (Fsp3) is 0.294. The molecule has 1 aromatic carbocycles. The first kappa shape index (κ1) is 15.8. The van der Waals surface area contributed by atoms with Crippen molar-refractivity contribution >= 4 is 18.1 Å². The van der Waals surface area contributed by atoms with Crippen LogP contribution in [0.25, 0.3) is 5.65 Å². The first-order chi connectivity index (χ1) is 10.6. The Morgan fingerprint density at radius 1 is 1.22 bits per heavy atom. The Morgan fingerprint density at radius 3 is 2.74 bits per heavy atom. The van der Waals surface area contributed by atoms with Crippen LogP contribution in [0.15, 0.2) is 35.1 Å². The summed E-state index contributed by atoms with van der Waals surface area (Å²) in [5.74, 6) is 0. The molecule has 1 unspecified atom stereocenters. The average Bonchev–Trinajstić information content (AvgIpc) is 2.96. The minimum Gasteiger partial charge on any atom is -0.304 e. The van der Waals surface area contributed by atoms with Gasteiger partial charge in [-0.05, 0) is 31.4 Å². The Hall–Kier alpha value is -2.11. The van der Waals surface area contributed by atoms with Crippen molar-refractivity contribution in [2.75, 3.05) is 0 Å². The van der Waals surface area contributed by atoms with Gasteiger partial charge < -0.3 is 5.32 Å². The lowest BCUT2D eigenvalue weighted by Crippen LogP contribution is -2.29. The molecule has 0 spiro atoms. The molecule has 120 valence electrons. The van der Waals surface area contributed by atoms with Crippen molar-refractivity contribution in [2.45, 2.75) is 32.9 Å². The normalized spacial score (nSPS) is 16.9. The molecule has 1 aliphatic heterocycles. The van der Waals surface area contributed by atoms with Gasteiger partial charge in [-0.2, -0.15) is 0 Å². The molecule has 0 amide bonds. The smallest absolute Gasteiger partial charge is 0.275 e. The van der Waals surface area contributed by atoms with Crippen LogP contribution in [0.5, 0.6) is 0 Å². The summed E-state index contributed by atoms with van der Waals surface area (Å²) in [7, 11) is 0. The zero-order chi connectivity index (χ0) is 15.3. The van der Waals surface area contributed by atoms with Gasteiger partial charge in [-0.3, -0.25) is 9.89 Å². The minimum absolute atomic E-state index is 0. The molecule has 2 aromatic heterocycles. The number of nitrogens with one attached hydrogen (secondary N) is 2. The number of aromatic nitrogens is 3. The fourth-order valence-electron chi connectivity index (χ4n) is 3.09. The Morgan fingerprint density at radius 2 is 1.96 bits per heavy atom. The molecule has 6 heteroatoms. The third-order valence-electron chi connectivity index (χ3n) is 4.56. The molecule has 0 saturated carbocycles. The summed E-state index contributed by atoms with van der Waals surface area (Å²) < 4.78 is 1.54. The SMILES string of the molecule is Cc1nc2cc(C3Cc4ccccc4CN3)[nH]n2c(=O)c1C.Cl. The van der Waals surface area contributed by atoms with E-state index in [9.17, 15) is 4.79 Å². The molecule has 4 rings (SSSR count). The molecule has 3 aromatic rings. The number of nitrogens with zero attached hydrogens (tertiary/aromatic N) is 2. The van der Waals surface area contributed by atoms with Crippen LogP contribution in [0.2, 0.25) is 0 Å². The maximum absolute atomic E-state index is 12.3. The maximum atomic E-state index is 12.3. The second-order valence-electron chi connectivity index (χ2n) is 5.94. The first-order valence-electron chi connectivity index (χ1n) is 7.52. The Balaban J connectivity index is 0.00000156. The highest BCUT2D eigenvalue weighted by Gasteiger charge is 2.21. The van der Waals surface area contributed by atoms with Gasteiger partial charge in [-0.1, -0.05) is 24.3 Å². The fourth-order valence-corrected chi connectivity index (χ4v) is 3.09. The van der Waals surface area contributed by atoms with Crippen molar-refractivity contribution in [3.63, 3.8) is 0 Å². The van der Waals surface area contributed by atoms with E-state index in [0.29, 0.717) is 11.2 Å². The summed E-state index contributed by atoms with van der Waals surface area (Å²) in [6.45, 7) is 4.53. The number of aryl methyl sites for hydroxylation is 1. The summed E-state index contributed by atoms with van der Waals surface area (Å²) in [4.78, 5) is 16.8. The largest absolute Gasteiger partial charge is 0.304 e. The molecule has 23 heavy (non-hydrogen) atoms. The van der Waals surface area contributed by atoms with Crippen LogP contribution < -0.4 is 10.9 Å². The van der Waals surface area contributed by atoms with E-state index in [2.05, 4.69) is 39.7 Å². The molecule has 1 aliphatic rings. The summed E-state index contributed by atoms with van der Waals surface area (Å²) in [6.07, 6.45) is 0.912. The van der Waals surface area contributed by atoms with Gasteiger partial charge in [0, 0.05) is 23.9 Å². The van der Waals surface area contributed by atoms with Crippen molar-refractivity contribution < 1.29 is 0 Å². The molecular weight excluding hydrogens is 312 g/mol. The van der Waals surface area contributed by atoms with Crippen LogP contribution in [-0.2, 0) is 13.0 Å². The highest BCUT2D eigenvalue weighted by molar-refractivity contribution is 5.85. The summed E-state index contributed by atoms with van der Waals surface area (Å²) in [5, 5.41) is 6.74. The number of hydrogen-bond acceptors (Lipinski definition) is 3. The average molecular weight is 331 g/mol. The number of fused-ring (bicyclic) bond motifs is 2. The quantitative estimate of drug-likeness (QED) is 0.720.